The number of nitrogens with two attached hydrogens (primary N) is 1. The molecule has 0 aromatic carbocycles. The molecule has 0 heterocycles. The van der Waals surface area contributed by atoms with E-state index >= 15 is 0 Å². The third-order valence-electron chi connectivity index (χ3n) is 2.37. The van der Waals surface area contributed by atoms with Crippen molar-refractivity contribution in [1.82, 2.24) is 0 Å². The van der Waals surface area contributed by atoms with Crippen molar-refractivity contribution >= 4 is 11.9 Å². The van der Waals surface area contributed by atoms with Crippen molar-refractivity contribution in [2.75, 3.05) is 0 Å². The Kier molecular flexibility index (Phi) is 5.93. The fraction of sp³-hybridized carbons (Fsp3) is 0.800. The van der Waals surface area contributed by atoms with Crippen molar-refractivity contribution in [2.45, 2.75) is 51.0 Å². The average Bonchev–Trinajstić information content (AvgIpc) is 2.11. The van der Waals surface area contributed by atoms with Crippen LogP contribution in [0, 0.1) is 0 Å². The second kappa shape index (κ2) is 6.40. The maximum atomic E-state index is 10.8. The Balaban J connectivity index is 4.14. The van der Waals surface area contributed by atoms with Gasteiger partial charge < -0.3 is 15.9 Å². The smallest absolute Gasteiger partial charge is 0.324 e. The van der Waals surface area contributed by atoms with Crippen LogP contribution in [0.15, 0.2) is 0 Å². The molecule has 0 spiro atoms. The fourth-order valence-electron chi connectivity index (χ4n) is 1.41. The Morgan fingerprint density at radius 2 is 1.80 bits per heavy atom. The highest BCUT2D eigenvalue weighted by Gasteiger charge is 2.35. The van der Waals surface area contributed by atoms with Gasteiger partial charge in [0, 0.05) is 0 Å². The van der Waals surface area contributed by atoms with E-state index in [2.05, 4.69) is 0 Å². The molecule has 0 bridgehead atoms. The highest BCUT2D eigenvalue weighted by atomic mass is 16.4. The molecule has 1 unspecified atom stereocenters. The largest absolute Gasteiger partial charge is 0.481 e. The number of aliphatic carboxylic acids is 2. The zero-order chi connectivity index (χ0) is 11.9. The molecule has 1 atom stereocenters. The van der Waals surface area contributed by atoms with E-state index in [1.165, 1.54) is 0 Å². The second-order valence-electron chi connectivity index (χ2n) is 3.84. The Morgan fingerprint density at radius 3 is 2.20 bits per heavy atom. The molecule has 5 heteroatoms. The summed E-state index contributed by atoms with van der Waals surface area (Å²) in [6, 6.07) is 0. The Labute approximate surface area is 89.3 Å². The molecule has 0 radical (unpaired) electrons. The number of unbranched alkanes of at least 4 members (excludes halogenated alkanes) is 3. The first-order valence-electron chi connectivity index (χ1n) is 5.16. The van der Waals surface area contributed by atoms with Crippen molar-refractivity contribution in [3.05, 3.63) is 0 Å². The van der Waals surface area contributed by atoms with Crippen molar-refractivity contribution in [3.8, 4) is 0 Å². The maximum absolute atomic E-state index is 10.8. The lowest BCUT2D eigenvalue weighted by molar-refractivity contribution is -0.150. The van der Waals surface area contributed by atoms with Crippen LogP contribution >= 0.6 is 0 Å². The second-order valence-corrected chi connectivity index (χ2v) is 3.84. The van der Waals surface area contributed by atoms with Crippen molar-refractivity contribution < 1.29 is 19.8 Å². The van der Waals surface area contributed by atoms with Crippen LogP contribution in [0.2, 0.25) is 0 Å². The molecular formula is C10H19NO4. The van der Waals surface area contributed by atoms with E-state index in [-0.39, 0.29) is 6.42 Å². The number of hydrogen-bond acceptors (Lipinski definition) is 3. The van der Waals surface area contributed by atoms with Crippen LogP contribution in [-0.2, 0) is 9.59 Å². The molecule has 0 fully saturated rings. The SMILES string of the molecule is CCCCCCC(N)(CC(=O)O)C(=O)O. The lowest BCUT2D eigenvalue weighted by atomic mass is 9.90. The molecule has 0 aromatic rings. The van der Waals surface area contributed by atoms with Gasteiger partial charge in [-0.25, -0.2) is 0 Å². The van der Waals surface area contributed by atoms with Crippen LogP contribution < -0.4 is 5.73 Å². The number of carbonyl (C=O) groups is 2. The van der Waals surface area contributed by atoms with E-state index in [1.807, 2.05) is 6.92 Å². The van der Waals surface area contributed by atoms with Gasteiger partial charge in [0.15, 0.2) is 0 Å². The number of carboxylic acid groups (broad SMARTS) is 2. The third-order valence-corrected chi connectivity index (χ3v) is 2.37. The normalized spacial score (nSPS) is 14.5. The van der Waals surface area contributed by atoms with Gasteiger partial charge in [-0.3, -0.25) is 9.59 Å². The van der Waals surface area contributed by atoms with E-state index in [9.17, 15) is 9.59 Å². The minimum absolute atomic E-state index is 0.217. The number of hydrogen-bond donors (Lipinski definition) is 3. The Bertz CT molecular complexity index is 229. The molecular weight excluding hydrogens is 198 g/mol. The predicted octanol–water partition coefficient (Wildman–Crippen LogP) is 1.21. The van der Waals surface area contributed by atoms with E-state index in [0.29, 0.717) is 6.42 Å². The quantitative estimate of drug-likeness (QED) is 0.530. The van der Waals surface area contributed by atoms with Gasteiger partial charge in [0.25, 0.3) is 0 Å². The van der Waals surface area contributed by atoms with Gasteiger partial charge in [0.2, 0.25) is 0 Å². The predicted molar refractivity (Wildman–Crippen MR) is 55.6 cm³/mol. The lowest BCUT2D eigenvalue weighted by Crippen LogP contribution is -2.49. The summed E-state index contributed by atoms with van der Waals surface area (Å²) < 4.78 is 0. The fourth-order valence-corrected chi connectivity index (χ4v) is 1.41. The van der Waals surface area contributed by atoms with Gasteiger partial charge in [-0.2, -0.15) is 0 Å². The van der Waals surface area contributed by atoms with Crippen LogP contribution in [0.5, 0.6) is 0 Å². The van der Waals surface area contributed by atoms with Crippen molar-refractivity contribution in [2.24, 2.45) is 5.73 Å². The molecule has 15 heavy (non-hydrogen) atoms. The summed E-state index contributed by atoms with van der Waals surface area (Å²) in [5.41, 5.74) is 3.93. The number of carboxylic acids is 2. The zero-order valence-electron chi connectivity index (χ0n) is 9.03. The van der Waals surface area contributed by atoms with Gasteiger partial charge >= 0.3 is 11.9 Å². The summed E-state index contributed by atoms with van der Waals surface area (Å²) in [6.07, 6.45) is 3.31. The van der Waals surface area contributed by atoms with Crippen LogP contribution in [0.1, 0.15) is 45.4 Å². The van der Waals surface area contributed by atoms with Crippen LogP contribution in [-0.4, -0.2) is 27.7 Å². The van der Waals surface area contributed by atoms with Gasteiger partial charge in [-0.15, -0.1) is 0 Å². The summed E-state index contributed by atoms with van der Waals surface area (Å²) >= 11 is 0. The molecule has 88 valence electrons. The Hall–Kier alpha value is -1.10. The molecule has 0 aliphatic heterocycles. The average molecular weight is 217 g/mol. The first-order chi connectivity index (χ1) is 6.92. The molecule has 0 saturated carbocycles. The van der Waals surface area contributed by atoms with Crippen molar-refractivity contribution in [3.63, 3.8) is 0 Å². The molecule has 0 saturated heterocycles. The molecule has 0 aliphatic carbocycles. The van der Waals surface area contributed by atoms with Crippen LogP contribution in [0.4, 0.5) is 0 Å². The summed E-state index contributed by atoms with van der Waals surface area (Å²) in [5, 5.41) is 17.4. The first kappa shape index (κ1) is 13.9. The summed E-state index contributed by atoms with van der Waals surface area (Å²) in [6.45, 7) is 2.05. The van der Waals surface area contributed by atoms with Crippen LogP contribution in [0.25, 0.3) is 0 Å². The zero-order valence-corrected chi connectivity index (χ0v) is 9.03. The Morgan fingerprint density at radius 1 is 1.20 bits per heavy atom. The highest BCUT2D eigenvalue weighted by molar-refractivity contribution is 5.84. The molecule has 0 rings (SSSR count). The van der Waals surface area contributed by atoms with Gasteiger partial charge in [0.1, 0.15) is 5.54 Å². The monoisotopic (exact) mass is 217 g/mol. The topological polar surface area (TPSA) is 101 Å². The standard InChI is InChI=1S/C10H19NO4/c1-2-3-4-5-6-10(11,9(14)15)7-8(12)13/h2-7,11H2,1H3,(H,12,13)(H,14,15). The summed E-state index contributed by atoms with van der Waals surface area (Å²) in [4.78, 5) is 21.3. The third kappa shape index (κ3) is 5.37. The minimum atomic E-state index is -1.61. The van der Waals surface area contributed by atoms with E-state index in [1.54, 1.807) is 0 Å². The maximum Gasteiger partial charge on any atom is 0.324 e. The van der Waals surface area contributed by atoms with Gasteiger partial charge in [-0.1, -0.05) is 32.6 Å². The molecule has 5 nitrogen and oxygen atoms in total. The molecule has 0 aliphatic rings. The van der Waals surface area contributed by atoms with Crippen LogP contribution in [0.3, 0.4) is 0 Å². The minimum Gasteiger partial charge on any atom is -0.481 e. The van der Waals surface area contributed by atoms with E-state index in [4.69, 9.17) is 15.9 Å². The number of rotatable bonds is 8. The first-order valence-corrected chi connectivity index (χ1v) is 5.16. The summed E-state index contributed by atoms with van der Waals surface area (Å²) in [5.74, 6) is -2.41. The van der Waals surface area contributed by atoms with E-state index < -0.39 is 23.9 Å². The van der Waals surface area contributed by atoms with Crippen molar-refractivity contribution in [1.29, 1.82) is 0 Å². The van der Waals surface area contributed by atoms with Gasteiger partial charge in [0.05, 0.1) is 6.42 Å². The summed E-state index contributed by atoms with van der Waals surface area (Å²) in [7, 11) is 0. The van der Waals surface area contributed by atoms with Gasteiger partial charge in [-0.05, 0) is 6.42 Å². The molecule has 0 amide bonds. The molecule has 4 N–H and O–H groups in total. The molecule has 0 aromatic heterocycles. The lowest BCUT2D eigenvalue weighted by Gasteiger charge is -2.22. The van der Waals surface area contributed by atoms with E-state index in [0.717, 1.165) is 19.3 Å². The highest BCUT2D eigenvalue weighted by Crippen LogP contribution is 2.17.